The fourth-order valence-corrected chi connectivity index (χ4v) is 3.50. The van der Waals surface area contributed by atoms with Gasteiger partial charge in [0, 0.05) is 17.7 Å². The van der Waals surface area contributed by atoms with Crippen LogP contribution in [0.15, 0.2) is 53.6 Å². The van der Waals surface area contributed by atoms with E-state index in [1.54, 1.807) is 60.4 Å². The van der Waals surface area contributed by atoms with E-state index in [1.807, 2.05) is 0 Å². The summed E-state index contributed by atoms with van der Waals surface area (Å²) in [6, 6.07) is 13.0. The van der Waals surface area contributed by atoms with E-state index in [2.05, 4.69) is 5.10 Å². The Labute approximate surface area is 180 Å². The number of Topliss-reactive ketones (excluding diaryl/α,β-unsaturated/α-hetero) is 1. The number of ether oxygens (including phenoxy) is 2. The quantitative estimate of drug-likeness (QED) is 0.229. The minimum atomic E-state index is -0.510. The van der Waals surface area contributed by atoms with Crippen molar-refractivity contribution in [2.75, 3.05) is 19.8 Å². The van der Waals surface area contributed by atoms with E-state index in [1.165, 1.54) is 6.21 Å². The SMILES string of the molecule is CCOC(=O)COc1ccc(C(=O)[C@H]2CCCN2C(=O)c2ccc(C=NN)cc2)cc1. The molecule has 1 fully saturated rings. The van der Waals surface area contributed by atoms with Crippen LogP contribution in [-0.2, 0) is 9.53 Å². The number of benzene rings is 2. The van der Waals surface area contributed by atoms with E-state index >= 15 is 0 Å². The normalized spacial score (nSPS) is 15.8. The summed E-state index contributed by atoms with van der Waals surface area (Å²) in [6.07, 6.45) is 2.88. The summed E-state index contributed by atoms with van der Waals surface area (Å²) in [5.41, 5.74) is 1.79. The number of rotatable bonds is 8. The third kappa shape index (κ3) is 5.48. The standard InChI is InChI=1S/C23H25N3O5/c1-2-30-21(27)15-31-19-11-9-17(10-12-19)22(28)20-4-3-13-26(20)23(29)18-7-5-16(6-8-18)14-25-24/h5-12,14,20H,2-4,13,15,24H2,1H3/t20-/m1/s1. The molecule has 162 valence electrons. The zero-order chi connectivity index (χ0) is 22.2. The Balaban J connectivity index is 1.66. The first-order chi connectivity index (χ1) is 15.0. The highest BCUT2D eigenvalue weighted by Crippen LogP contribution is 2.24. The van der Waals surface area contributed by atoms with Crippen LogP contribution in [0.2, 0.25) is 0 Å². The molecule has 2 aromatic carbocycles. The van der Waals surface area contributed by atoms with E-state index in [0.29, 0.717) is 36.4 Å². The van der Waals surface area contributed by atoms with Gasteiger partial charge in [0.25, 0.3) is 5.91 Å². The number of ketones is 1. The molecule has 0 radical (unpaired) electrons. The average Bonchev–Trinajstić information content (AvgIpc) is 3.28. The smallest absolute Gasteiger partial charge is 0.344 e. The molecule has 1 aliphatic rings. The topological polar surface area (TPSA) is 111 Å². The zero-order valence-electron chi connectivity index (χ0n) is 17.3. The Kier molecular flexibility index (Phi) is 7.37. The molecule has 0 unspecified atom stereocenters. The molecule has 2 aromatic rings. The summed E-state index contributed by atoms with van der Waals surface area (Å²) in [5, 5.41) is 3.46. The van der Waals surface area contributed by atoms with E-state index in [4.69, 9.17) is 15.3 Å². The number of carbonyl (C=O) groups excluding carboxylic acids is 3. The first kappa shape index (κ1) is 22.0. The lowest BCUT2D eigenvalue weighted by atomic mass is 10.0. The summed E-state index contributed by atoms with van der Waals surface area (Å²) in [7, 11) is 0. The summed E-state index contributed by atoms with van der Waals surface area (Å²) in [6.45, 7) is 2.35. The largest absolute Gasteiger partial charge is 0.482 e. The molecule has 0 bridgehead atoms. The van der Waals surface area contributed by atoms with Gasteiger partial charge in [-0.2, -0.15) is 5.10 Å². The number of carbonyl (C=O) groups is 3. The van der Waals surface area contributed by atoms with Crippen LogP contribution in [0.3, 0.4) is 0 Å². The Morgan fingerprint density at radius 2 is 1.77 bits per heavy atom. The van der Waals surface area contributed by atoms with Gasteiger partial charge in [0.05, 0.1) is 18.9 Å². The second-order valence-electron chi connectivity index (χ2n) is 7.04. The predicted octanol–water partition coefficient (Wildman–Crippen LogP) is 2.41. The maximum Gasteiger partial charge on any atom is 0.344 e. The molecular weight excluding hydrogens is 398 g/mol. The molecule has 0 spiro atoms. The first-order valence-corrected chi connectivity index (χ1v) is 10.1. The zero-order valence-corrected chi connectivity index (χ0v) is 17.3. The number of nitrogens with two attached hydrogens (primary N) is 1. The van der Waals surface area contributed by atoms with Crippen LogP contribution in [0.5, 0.6) is 5.75 Å². The molecule has 8 heteroatoms. The van der Waals surface area contributed by atoms with Crippen molar-refractivity contribution in [2.45, 2.75) is 25.8 Å². The number of likely N-dealkylation sites (tertiary alicyclic amines) is 1. The van der Waals surface area contributed by atoms with Gasteiger partial charge < -0.3 is 20.2 Å². The second-order valence-corrected chi connectivity index (χ2v) is 7.04. The number of esters is 1. The Bertz CT molecular complexity index is 954. The van der Waals surface area contributed by atoms with Gasteiger partial charge in [0.1, 0.15) is 5.75 Å². The van der Waals surface area contributed by atoms with Crippen LogP contribution < -0.4 is 10.6 Å². The Hall–Kier alpha value is -3.68. The predicted molar refractivity (Wildman–Crippen MR) is 115 cm³/mol. The van der Waals surface area contributed by atoms with E-state index < -0.39 is 12.0 Å². The third-order valence-electron chi connectivity index (χ3n) is 5.00. The lowest BCUT2D eigenvalue weighted by molar-refractivity contribution is -0.145. The lowest BCUT2D eigenvalue weighted by Gasteiger charge is -2.24. The number of hydrogen-bond acceptors (Lipinski definition) is 7. The van der Waals surface area contributed by atoms with E-state index in [-0.39, 0.29) is 18.3 Å². The van der Waals surface area contributed by atoms with E-state index in [0.717, 1.165) is 12.0 Å². The molecule has 0 aliphatic carbocycles. The van der Waals surface area contributed by atoms with Crippen molar-refractivity contribution in [2.24, 2.45) is 10.9 Å². The van der Waals surface area contributed by atoms with Crippen molar-refractivity contribution in [3.63, 3.8) is 0 Å². The van der Waals surface area contributed by atoms with Crippen molar-refractivity contribution in [3.05, 3.63) is 65.2 Å². The minimum Gasteiger partial charge on any atom is -0.482 e. The molecule has 1 heterocycles. The molecule has 8 nitrogen and oxygen atoms in total. The van der Waals surface area contributed by atoms with Gasteiger partial charge >= 0.3 is 5.97 Å². The van der Waals surface area contributed by atoms with Crippen LogP contribution >= 0.6 is 0 Å². The molecule has 0 saturated carbocycles. The molecule has 3 rings (SSSR count). The first-order valence-electron chi connectivity index (χ1n) is 10.1. The maximum atomic E-state index is 13.1. The third-order valence-corrected chi connectivity index (χ3v) is 5.00. The molecule has 0 aromatic heterocycles. The van der Waals surface area contributed by atoms with Crippen molar-refractivity contribution in [1.82, 2.24) is 4.90 Å². The molecule has 2 N–H and O–H groups in total. The number of hydrogen-bond donors (Lipinski definition) is 1. The minimum absolute atomic E-state index is 0.116. The molecule has 31 heavy (non-hydrogen) atoms. The monoisotopic (exact) mass is 423 g/mol. The van der Waals surface area contributed by atoms with Gasteiger partial charge in [-0.1, -0.05) is 12.1 Å². The van der Waals surface area contributed by atoms with Gasteiger partial charge in [0.15, 0.2) is 12.4 Å². The lowest BCUT2D eigenvalue weighted by Crippen LogP contribution is -2.40. The molecule has 1 saturated heterocycles. The van der Waals surface area contributed by atoms with Gasteiger partial charge in [0.2, 0.25) is 0 Å². The van der Waals surface area contributed by atoms with Gasteiger partial charge in [-0.25, -0.2) is 4.79 Å². The Morgan fingerprint density at radius 3 is 2.42 bits per heavy atom. The highest BCUT2D eigenvalue weighted by molar-refractivity contribution is 6.04. The summed E-state index contributed by atoms with van der Waals surface area (Å²) in [5.74, 6) is 4.86. The van der Waals surface area contributed by atoms with Crippen molar-refractivity contribution >= 4 is 23.9 Å². The Morgan fingerprint density at radius 1 is 1.10 bits per heavy atom. The average molecular weight is 423 g/mol. The van der Waals surface area contributed by atoms with E-state index in [9.17, 15) is 14.4 Å². The van der Waals surface area contributed by atoms with Gasteiger partial charge in [-0.3, -0.25) is 9.59 Å². The summed E-state index contributed by atoms with van der Waals surface area (Å²) >= 11 is 0. The number of amides is 1. The van der Waals surface area contributed by atoms with Crippen molar-refractivity contribution in [3.8, 4) is 5.75 Å². The number of nitrogens with zero attached hydrogens (tertiary/aromatic N) is 2. The highest BCUT2D eigenvalue weighted by atomic mass is 16.6. The fraction of sp³-hybridized carbons (Fsp3) is 0.304. The van der Waals surface area contributed by atoms with Crippen LogP contribution in [-0.4, -0.2) is 54.6 Å². The fourth-order valence-electron chi connectivity index (χ4n) is 3.50. The van der Waals surface area contributed by atoms with Crippen LogP contribution in [0, 0.1) is 0 Å². The van der Waals surface area contributed by atoms with Crippen molar-refractivity contribution in [1.29, 1.82) is 0 Å². The maximum absolute atomic E-state index is 13.1. The van der Waals surface area contributed by atoms with Gasteiger partial charge in [-0.15, -0.1) is 0 Å². The van der Waals surface area contributed by atoms with Crippen LogP contribution in [0.25, 0.3) is 0 Å². The molecular formula is C23H25N3O5. The highest BCUT2D eigenvalue weighted by Gasteiger charge is 2.34. The molecule has 1 atom stereocenters. The van der Waals surface area contributed by atoms with Crippen molar-refractivity contribution < 1.29 is 23.9 Å². The summed E-state index contributed by atoms with van der Waals surface area (Å²) in [4.78, 5) is 39.0. The molecule has 1 aliphatic heterocycles. The summed E-state index contributed by atoms with van der Waals surface area (Å²) < 4.78 is 10.2. The van der Waals surface area contributed by atoms with Gasteiger partial charge in [-0.05, 0) is 61.7 Å². The second kappa shape index (κ2) is 10.4. The number of hydrazone groups is 1. The van der Waals surface area contributed by atoms with Crippen LogP contribution in [0.1, 0.15) is 46.0 Å². The molecule has 1 amide bonds. The van der Waals surface area contributed by atoms with Crippen LogP contribution in [0.4, 0.5) is 0 Å².